The van der Waals surface area contributed by atoms with Crippen LogP contribution in [0.25, 0.3) is 0 Å². The Morgan fingerprint density at radius 1 is 1.25 bits per heavy atom. The van der Waals surface area contributed by atoms with Gasteiger partial charge >= 0.3 is 0 Å². The Morgan fingerprint density at radius 3 is 2.55 bits per heavy atom. The summed E-state index contributed by atoms with van der Waals surface area (Å²) >= 11 is 0. The highest BCUT2D eigenvalue weighted by molar-refractivity contribution is 5.26. The Hall–Kier alpha value is -1.12. The van der Waals surface area contributed by atoms with Crippen LogP contribution in [-0.2, 0) is 5.54 Å². The number of allylic oxidation sites excluding steroid dienone is 1. The van der Waals surface area contributed by atoms with E-state index in [1.54, 1.807) is 0 Å². The van der Waals surface area contributed by atoms with Gasteiger partial charge in [0.05, 0.1) is 5.54 Å². The molecule has 110 valence electrons. The third kappa shape index (κ3) is 2.97. The van der Waals surface area contributed by atoms with E-state index < -0.39 is 0 Å². The predicted octanol–water partition coefficient (Wildman–Crippen LogP) is 3.55. The standard InChI is InChI=1S/C18H28N2/c1-5-7-13-20-15-17(3,6-2)19-14-18(20,4)16-11-9-8-10-12-16/h5,7-12,19H,6,13-15H2,1-4H3/b7-5+. The van der Waals surface area contributed by atoms with Gasteiger partial charge in [0.1, 0.15) is 0 Å². The lowest BCUT2D eigenvalue weighted by Crippen LogP contribution is -2.66. The number of nitrogens with one attached hydrogen (secondary N) is 1. The number of benzene rings is 1. The summed E-state index contributed by atoms with van der Waals surface area (Å²) in [5.74, 6) is 0. The van der Waals surface area contributed by atoms with Gasteiger partial charge in [-0.1, -0.05) is 49.4 Å². The lowest BCUT2D eigenvalue weighted by molar-refractivity contribution is 0.0266. The molecule has 0 aliphatic carbocycles. The van der Waals surface area contributed by atoms with Crippen LogP contribution in [0.4, 0.5) is 0 Å². The SMILES string of the molecule is C/C=C/CN1CC(C)(CC)NCC1(C)c1ccccc1. The third-order valence-corrected chi connectivity index (χ3v) is 4.83. The largest absolute Gasteiger partial charge is 0.308 e. The summed E-state index contributed by atoms with van der Waals surface area (Å²) in [7, 11) is 0. The zero-order valence-electron chi connectivity index (χ0n) is 13.3. The second kappa shape index (κ2) is 6.11. The molecule has 1 aromatic carbocycles. The normalized spacial score (nSPS) is 31.8. The molecule has 0 spiro atoms. The summed E-state index contributed by atoms with van der Waals surface area (Å²) in [6.07, 6.45) is 5.57. The lowest BCUT2D eigenvalue weighted by Gasteiger charge is -2.52. The first kappa shape index (κ1) is 15.3. The predicted molar refractivity (Wildman–Crippen MR) is 86.9 cm³/mol. The molecule has 2 rings (SSSR count). The highest BCUT2D eigenvalue weighted by atomic mass is 15.3. The first-order chi connectivity index (χ1) is 9.54. The molecule has 0 radical (unpaired) electrons. The number of piperazine rings is 1. The molecule has 1 aliphatic heterocycles. The van der Waals surface area contributed by atoms with Crippen LogP contribution in [0.2, 0.25) is 0 Å². The van der Waals surface area contributed by atoms with Crippen LogP contribution in [0, 0.1) is 0 Å². The molecule has 2 heteroatoms. The molecule has 2 unspecified atom stereocenters. The van der Waals surface area contributed by atoms with Gasteiger partial charge in [-0.2, -0.15) is 0 Å². The number of hydrogen-bond donors (Lipinski definition) is 1. The van der Waals surface area contributed by atoms with Crippen LogP contribution in [0.15, 0.2) is 42.5 Å². The molecule has 0 bridgehead atoms. The Kier molecular flexibility index (Phi) is 4.66. The second-order valence-electron chi connectivity index (χ2n) is 6.36. The van der Waals surface area contributed by atoms with Gasteiger partial charge in [0.2, 0.25) is 0 Å². The molecule has 0 saturated carbocycles. The van der Waals surface area contributed by atoms with Gasteiger partial charge in [-0.05, 0) is 32.8 Å². The van der Waals surface area contributed by atoms with Gasteiger partial charge in [0.25, 0.3) is 0 Å². The van der Waals surface area contributed by atoms with E-state index in [4.69, 9.17) is 0 Å². The summed E-state index contributed by atoms with van der Waals surface area (Å²) in [5.41, 5.74) is 1.68. The minimum Gasteiger partial charge on any atom is -0.308 e. The van der Waals surface area contributed by atoms with Gasteiger partial charge in [-0.25, -0.2) is 0 Å². The average Bonchev–Trinajstić information content (AvgIpc) is 2.49. The monoisotopic (exact) mass is 272 g/mol. The van der Waals surface area contributed by atoms with Crippen LogP contribution in [0.3, 0.4) is 0 Å². The van der Waals surface area contributed by atoms with Gasteiger partial charge in [-0.3, -0.25) is 4.90 Å². The average molecular weight is 272 g/mol. The first-order valence-electron chi connectivity index (χ1n) is 7.71. The maximum absolute atomic E-state index is 3.77. The van der Waals surface area contributed by atoms with Crippen molar-refractivity contribution < 1.29 is 0 Å². The quantitative estimate of drug-likeness (QED) is 0.843. The number of hydrogen-bond acceptors (Lipinski definition) is 2. The van der Waals surface area contributed by atoms with Crippen molar-refractivity contribution in [3.05, 3.63) is 48.0 Å². The van der Waals surface area contributed by atoms with Crippen LogP contribution in [0.5, 0.6) is 0 Å². The summed E-state index contributed by atoms with van der Waals surface area (Å²) in [5, 5.41) is 3.77. The molecule has 1 saturated heterocycles. The van der Waals surface area contributed by atoms with Crippen LogP contribution < -0.4 is 5.32 Å². The number of rotatable bonds is 4. The first-order valence-corrected chi connectivity index (χ1v) is 7.71. The Balaban J connectivity index is 2.30. The summed E-state index contributed by atoms with van der Waals surface area (Å²) in [6, 6.07) is 10.9. The van der Waals surface area contributed by atoms with Gasteiger partial charge in [0.15, 0.2) is 0 Å². The Bertz CT molecular complexity index is 454. The second-order valence-corrected chi connectivity index (χ2v) is 6.36. The fraction of sp³-hybridized carbons (Fsp3) is 0.556. The summed E-state index contributed by atoms with van der Waals surface area (Å²) in [4.78, 5) is 2.61. The molecular formula is C18H28N2. The van der Waals surface area contributed by atoms with Crippen molar-refractivity contribution in [2.75, 3.05) is 19.6 Å². The maximum atomic E-state index is 3.77. The third-order valence-electron chi connectivity index (χ3n) is 4.83. The van der Waals surface area contributed by atoms with E-state index in [2.05, 4.69) is 80.4 Å². The van der Waals surface area contributed by atoms with Crippen LogP contribution in [0.1, 0.15) is 39.7 Å². The lowest BCUT2D eigenvalue weighted by atomic mass is 9.82. The molecule has 1 N–H and O–H groups in total. The van der Waals surface area contributed by atoms with Gasteiger partial charge in [-0.15, -0.1) is 0 Å². The van der Waals surface area contributed by atoms with E-state index in [0.717, 1.165) is 26.1 Å². The zero-order valence-corrected chi connectivity index (χ0v) is 13.3. The van der Waals surface area contributed by atoms with Crippen molar-refractivity contribution in [3.63, 3.8) is 0 Å². The fourth-order valence-corrected chi connectivity index (χ4v) is 2.97. The maximum Gasteiger partial charge on any atom is 0.0561 e. The summed E-state index contributed by atoms with van der Waals surface area (Å²) < 4.78 is 0. The number of nitrogens with zero attached hydrogens (tertiary/aromatic N) is 1. The molecule has 1 aliphatic rings. The van der Waals surface area contributed by atoms with Crippen molar-refractivity contribution in [1.29, 1.82) is 0 Å². The molecular weight excluding hydrogens is 244 g/mol. The van der Waals surface area contributed by atoms with Crippen molar-refractivity contribution in [2.24, 2.45) is 0 Å². The fourth-order valence-electron chi connectivity index (χ4n) is 2.97. The Labute approximate surface area is 123 Å². The zero-order chi connectivity index (χ0) is 14.6. The van der Waals surface area contributed by atoms with Crippen molar-refractivity contribution >= 4 is 0 Å². The van der Waals surface area contributed by atoms with E-state index in [9.17, 15) is 0 Å². The van der Waals surface area contributed by atoms with E-state index in [1.807, 2.05) is 0 Å². The molecule has 20 heavy (non-hydrogen) atoms. The van der Waals surface area contributed by atoms with Crippen LogP contribution in [-0.4, -0.2) is 30.1 Å². The highest BCUT2D eigenvalue weighted by Crippen LogP contribution is 2.33. The molecule has 0 aromatic heterocycles. The highest BCUT2D eigenvalue weighted by Gasteiger charge is 2.42. The summed E-state index contributed by atoms with van der Waals surface area (Å²) in [6.45, 7) is 12.2. The minimum absolute atomic E-state index is 0.0649. The Morgan fingerprint density at radius 2 is 1.95 bits per heavy atom. The molecule has 1 fully saturated rings. The van der Waals surface area contributed by atoms with Gasteiger partial charge < -0.3 is 5.32 Å². The van der Waals surface area contributed by atoms with Crippen molar-refractivity contribution in [3.8, 4) is 0 Å². The molecule has 1 heterocycles. The van der Waals surface area contributed by atoms with Crippen molar-refractivity contribution in [2.45, 2.75) is 45.2 Å². The molecule has 0 amide bonds. The molecule has 1 aromatic rings. The van der Waals surface area contributed by atoms with E-state index in [0.29, 0.717) is 0 Å². The molecule has 2 nitrogen and oxygen atoms in total. The molecule has 2 atom stereocenters. The van der Waals surface area contributed by atoms with Gasteiger partial charge in [0, 0.05) is 25.2 Å². The van der Waals surface area contributed by atoms with E-state index in [1.165, 1.54) is 5.56 Å². The minimum atomic E-state index is 0.0649. The van der Waals surface area contributed by atoms with Crippen LogP contribution >= 0.6 is 0 Å². The van der Waals surface area contributed by atoms with E-state index in [-0.39, 0.29) is 11.1 Å². The van der Waals surface area contributed by atoms with E-state index >= 15 is 0 Å². The smallest absolute Gasteiger partial charge is 0.0561 e. The topological polar surface area (TPSA) is 15.3 Å². The van der Waals surface area contributed by atoms with Crippen molar-refractivity contribution in [1.82, 2.24) is 10.2 Å².